The minimum atomic E-state index is -1.11. The summed E-state index contributed by atoms with van der Waals surface area (Å²) in [5.74, 6) is -1.71. The number of nitrogens with zero attached hydrogens (tertiary/aromatic N) is 2. The summed E-state index contributed by atoms with van der Waals surface area (Å²) in [5, 5.41) is 15.3. The van der Waals surface area contributed by atoms with Gasteiger partial charge in [0.05, 0.1) is 11.8 Å². The average molecular weight is 295 g/mol. The van der Waals surface area contributed by atoms with Crippen LogP contribution in [0, 0.1) is 13.8 Å². The molecule has 1 aliphatic heterocycles. The molecule has 2 atom stereocenters. The molecule has 114 valence electrons. The number of aryl methyl sites for hydroxylation is 1. The number of aromatic amines is 1. The molecule has 0 aromatic carbocycles. The Morgan fingerprint density at radius 3 is 2.67 bits per heavy atom. The Labute approximate surface area is 120 Å². The third-order valence-corrected chi connectivity index (χ3v) is 3.83. The van der Waals surface area contributed by atoms with Crippen LogP contribution in [-0.4, -0.2) is 57.9 Å². The summed E-state index contributed by atoms with van der Waals surface area (Å²) in [5.41, 5.74) is 0.291. The number of hydrogen-bond acceptors (Lipinski definition) is 5. The molecule has 0 saturated carbocycles. The Morgan fingerprint density at radius 2 is 2.10 bits per heavy atom. The highest BCUT2D eigenvalue weighted by Crippen LogP contribution is 2.23. The first-order valence-electron chi connectivity index (χ1n) is 6.49. The van der Waals surface area contributed by atoms with Gasteiger partial charge in [0.25, 0.3) is 11.5 Å². The number of amides is 1. The molecule has 8 heteroatoms. The molecule has 1 amide bonds. The number of rotatable bonds is 3. The van der Waals surface area contributed by atoms with E-state index in [-0.39, 0.29) is 24.6 Å². The standard InChI is InChI=1S/C13H17N3O5/c1-6-7(2)14-15-11(17)10(6)12(18)16-5-8(21-3)4-9(16)13(19)20/h8-9H,4-5H2,1-3H3,(H,15,17)(H,19,20). The maximum absolute atomic E-state index is 12.6. The number of ether oxygens (including phenoxy) is 1. The van der Waals surface area contributed by atoms with E-state index in [0.29, 0.717) is 11.3 Å². The van der Waals surface area contributed by atoms with E-state index in [9.17, 15) is 19.5 Å². The molecule has 2 heterocycles. The number of carboxylic acids is 1. The van der Waals surface area contributed by atoms with Crippen LogP contribution in [0.4, 0.5) is 0 Å². The molecule has 1 aromatic heterocycles. The van der Waals surface area contributed by atoms with Crippen molar-refractivity contribution in [1.82, 2.24) is 15.1 Å². The number of carbonyl (C=O) groups excluding carboxylic acids is 1. The Hall–Kier alpha value is -2.22. The van der Waals surface area contributed by atoms with Gasteiger partial charge in [0.15, 0.2) is 0 Å². The van der Waals surface area contributed by atoms with Crippen molar-refractivity contribution in [3.63, 3.8) is 0 Å². The van der Waals surface area contributed by atoms with Crippen molar-refractivity contribution in [2.75, 3.05) is 13.7 Å². The lowest BCUT2D eigenvalue weighted by molar-refractivity contribution is -0.141. The average Bonchev–Trinajstić information content (AvgIpc) is 2.87. The molecule has 1 aromatic rings. The van der Waals surface area contributed by atoms with Gasteiger partial charge in [-0.2, -0.15) is 5.10 Å². The molecule has 0 bridgehead atoms. The van der Waals surface area contributed by atoms with E-state index < -0.39 is 23.5 Å². The molecule has 0 radical (unpaired) electrons. The topological polar surface area (TPSA) is 113 Å². The van der Waals surface area contributed by atoms with E-state index in [1.54, 1.807) is 13.8 Å². The summed E-state index contributed by atoms with van der Waals surface area (Å²) < 4.78 is 5.14. The van der Waals surface area contributed by atoms with E-state index in [4.69, 9.17) is 4.74 Å². The Balaban J connectivity index is 2.42. The van der Waals surface area contributed by atoms with E-state index in [0.717, 1.165) is 0 Å². The number of methoxy groups -OCH3 is 1. The Morgan fingerprint density at radius 1 is 1.43 bits per heavy atom. The van der Waals surface area contributed by atoms with Crippen molar-refractivity contribution in [3.8, 4) is 0 Å². The van der Waals surface area contributed by atoms with Gasteiger partial charge in [-0.25, -0.2) is 9.89 Å². The van der Waals surface area contributed by atoms with Crippen LogP contribution in [-0.2, 0) is 9.53 Å². The summed E-state index contributed by atoms with van der Waals surface area (Å²) in [6.07, 6.45) is -0.143. The molecule has 8 nitrogen and oxygen atoms in total. The lowest BCUT2D eigenvalue weighted by atomic mass is 10.1. The second-order valence-corrected chi connectivity index (χ2v) is 5.04. The van der Waals surface area contributed by atoms with Crippen LogP contribution in [0.15, 0.2) is 4.79 Å². The molecule has 2 rings (SSSR count). The number of aliphatic carboxylic acids is 1. The minimum Gasteiger partial charge on any atom is -0.480 e. The monoisotopic (exact) mass is 295 g/mol. The highest BCUT2D eigenvalue weighted by atomic mass is 16.5. The quantitative estimate of drug-likeness (QED) is 0.791. The first-order chi connectivity index (χ1) is 9.86. The molecule has 1 saturated heterocycles. The van der Waals surface area contributed by atoms with Crippen molar-refractivity contribution in [3.05, 3.63) is 27.2 Å². The number of likely N-dealkylation sites (tertiary alicyclic amines) is 1. The van der Waals surface area contributed by atoms with Crippen molar-refractivity contribution in [2.45, 2.75) is 32.4 Å². The fourth-order valence-corrected chi connectivity index (χ4v) is 2.45. The van der Waals surface area contributed by atoms with Crippen molar-refractivity contribution < 1.29 is 19.4 Å². The zero-order valence-electron chi connectivity index (χ0n) is 12.0. The molecule has 1 aliphatic rings. The number of carboxylic acid groups (broad SMARTS) is 1. The molecular formula is C13H17N3O5. The molecule has 1 fully saturated rings. The summed E-state index contributed by atoms with van der Waals surface area (Å²) in [6.45, 7) is 3.43. The summed E-state index contributed by atoms with van der Waals surface area (Å²) in [7, 11) is 1.46. The predicted octanol–water partition coefficient (Wildman–Crippen LogP) is -0.299. The zero-order chi connectivity index (χ0) is 15.7. The van der Waals surface area contributed by atoms with E-state index >= 15 is 0 Å². The minimum absolute atomic E-state index is 0.0643. The van der Waals surface area contributed by atoms with Crippen molar-refractivity contribution in [2.24, 2.45) is 0 Å². The Kier molecular flexibility index (Phi) is 4.08. The molecule has 2 N–H and O–H groups in total. The highest BCUT2D eigenvalue weighted by molar-refractivity contribution is 5.98. The predicted molar refractivity (Wildman–Crippen MR) is 72.2 cm³/mol. The van der Waals surface area contributed by atoms with Crippen molar-refractivity contribution in [1.29, 1.82) is 0 Å². The second kappa shape index (κ2) is 5.65. The second-order valence-electron chi connectivity index (χ2n) is 5.04. The lowest BCUT2D eigenvalue weighted by Gasteiger charge is -2.21. The smallest absolute Gasteiger partial charge is 0.326 e. The number of hydrogen-bond donors (Lipinski definition) is 2. The van der Waals surface area contributed by atoms with Crippen LogP contribution < -0.4 is 5.56 Å². The van der Waals surface area contributed by atoms with Gasteiger partial charge in [0, 0.05) is 20.1 Å². The van der Waals surface area contributed by atoms with Gasteiger partial charge >= 0.3 is 5.97 Å². The number of H-pyrrole nitrogens is 1. The van der Waals surface area contributed by atoms with Gasteiger partial charge in [0.1, 0.15) is 11.6 Å². The molecule has 21 heavy (non-hydrogen) atoms. The number of aromatic nitrogens is 2. The highest BCUT2D eigenvalue weighted by Gasteiger charge is 2.41. The lowest BCUT2D eigenvalue weighted by Crippen LogP contribution is -2.43. The van der Waals surface area contributed by atoms with E-state index in [1.165, 1.54) is 12.0 Å². The number of nitrogens with one attached hydrogen (secondary N) is 1. The van der Waals surface area contributed by atoms with Crippen LogP contribution in [0.25, 0.3) is 0 Å². The van der Waals surface area contributed by atoms with Gasteiger partial charge in [-0.3, -0.25) is 9.59 Å². The van der Waals surface area contributed by atoms with Gasteiger partial charge < -0.3 is 14.7 Å². The summed E-state index contributed by atoms with van der Waals surface area (Å²) in [6, 6.07) is -0.991. The molecule has 2 unspecified atom stereocenters. The fraction of sp³-hybridized carbons (Fsp3) is 0.538. The maximum Gasteiger partial charge on any atom is 0.326 e. The number of carbonyl (C=O) groups is 2. The third-order valence-electron chi connectivity index (χ3n) is 3.83. The Bertz CT molecular complexity index is 639. The van der Waals surface area contributed by atoms with E-state index in [1.807, 2.05) is 0 Å². The van der Waals surface area contributed by atoms with Crippen molar-refractivity contribution >= 4 is 11.9 Å². The summed E-state index contributed by atoms with van der Waals surface area (Å²) >= 11 is 0. The van der Waals surface area contributed by atoms with Gasteiger partial charge in [-0.15, -0.1) is 0 Å². The molecule has 0 aliphatic carbocycles. The zero-order valence-corrected chi connectivity index (χ0v) is 12.0. The van der Waals surface area contributed by atoms with Crippen LogP contribution in [0.1, 0.15) is 28.0 Å². The fourth-order valence-electron chi connectivity index (χ4n) is 2.45. The molecular weight excluding hydrogens is 278 g/mol. The maximum atomic E-state index is 12.6. The third kappa shape index (κ3) is 2.66. The van der Waals surface area contributed by atoms with Gasteiger partial charge in [-0.1, -0.05) is 0 Å². The van der Waals surface area contributed by atoms with Gasteiger partial charge in [-0.05, 0) is 19.4 Å². The SMILES string of the molecule is COC1CC(C(=O)O)N(C(=O)c2c(C)c(C)n[nH]c2=O)C1. The molecule has 0 spiro atoms. The van der Waals surface area contributed by atoms with Crippen LogP contribution >= 0.6 is 0 Å². The summed E-state index contributed by atoms with van der Waals surface area (Å²) in [4.78, 5) is 36.9. The van der Waals surface area contributed by atoms with E-state index in [2.05, 4.69) is 10.2 Å². The first-order valence-corrected chi connectivity index (χ1v) is 6.49. The first kappa shape index (κ1) is 15.2. The normalized spacial score (nSPS) is 21.6. The van der Waals surface area contributed by atoms with Crippen LogP contribution in [0.5, 0.6) is 0 Å². The van der Waals surface area contributed by atoms with Crippen LogP contribution in [0.2, 0.25) is 0 Å². The van der Waals surface area contributed by atoms with Gasteiger partial charge in [0.2, 0.25) is 0 Å². The van der Waals surface area contributed by atoms with Crippen LogP contribution in [0.3, 0.4) is 0 Å². The largest absolute Gasteiger partial charge is 0.480 e.